The van der Waals surface area contributed by atoms with E-state index >= 15 is 4.79 Å². The number of nitrogens with zero attached hydrogens (tertiary/aromatic N) is 3. The van der Waals surface area contributed by atoms with Crippen LogP contribution in [-0.4, -0.2) is 111 Å². The quantitative estimate of drug-likeness (QED) is 0.0402. The van der Waals surface area contributed by atoms with Gasteiger partial charge in [0.05, 0.1) is 29.5 Å². The highest BCUT2D eigenvalue weighted by Gasteiger charge is 2.79. The van der Waals surface area contributed by atoms with Gasteiger partial charge in [0.2, 0.25) is 5.91 Å². The Hall–Kier alpha value is -6.12. The predicted molar refractivity (Wildman–Crippen MR) is 225 cm³/mol. The van der Waals surface area contributed by atoms with E-state index in [9.17, 15) is 52.5 Å². The Kier molecular flexibility index (Phi) is 13.9. The van der Waals surface area contributed by atoms with Crippen molar-refractivity contribution >= 4 is 41.3 Å². The molecule has 3 fully saturated rings. The van der Waals surface area contributed by atoms with E-state index in [1.165, 1.54) is 64.1 Å². The summed E-state index contributed by atoms with van der Waals surface area (Å²) in [6.07, 6.45) is -18.5. The number of halogens is 3. The van der Waals surface area contributed by atoms with Crippen LogP contribution in [0.15, 0.2) is 82.5 Å². The number of ether oxygens (including phenoxy) is 5. The molecule has 2 aromatic rings. The molecule has 2 saturated carbocycles. The molecule has 3 aliphatic carbocycles. The summed E-state index contributed by atoms with van der Waals surface area (Å²) in [5.74, 6) is -9.16. The number of nitrogens with one attached hydrogen (secondary N) is 1. The molecule has 67 heavy (non-hydrogen) atoms. The number of alkyl halides is 3. The maximum absolute atomic E-state index is 15.4. The number of ketones is 1. The maximum atomic E-state index is 15.4. The van der Waals surface area contributed by atoms with Gasteiger partial charge in [-0.2, -0.15) is 13.2 Å². The Morgan fingerprint density at radius 3 is 2.30 bits per heavy atom. The van der Waals surface area contributed by atoms with Crippen molar-refractivity contribution in [2.24, 2.45) is 21.9 Å². The monoisotopic (exact) mass is 940 g/mol. The largest absolute Gasteiger partial charge is 0.461 e. The molecule has 0 spiro atoms. The van der Waals surface area contributed by atoms with Gasteiger partial charge >= 0.3 is 30.1 Å². The molecule has 360 valence electrons. The molecular formula is C46H51F3N4O14. The van der Waals surface area contributed by atoms with Crippen LogP contribution >= 0.6 is 0 Å². The lowest BCUT2D eigenvalue weighted by Gasteiger charge is -2.67. The third-order valence-electron chi connectivity index (χ3n) is 13.8. The van der Waals surface area contributed by atoms with E-state index in [4.69, 9.17) is 29.2 Å². The second-order valence-corrected chi connectivity index (χ2v) is 18.0. The number of carbonyl (C=O) groups excluding carboxylic acids is 6. The summed E-state index contributed by atoms with van der Waals surface area (Å²) in [5.41, 5.74) is -0.114. The molecule has 2 aromatic carbocycles. The molecule has 21 heteroatoms. The number of Topliss-reactive ketones (excluding diaryl/α,β-unsaturated/α-hetero) is 1. The van der Waals surface area contributed by atoms with Crippen LogP contribution < -0.4 is 5.32 Å². The number of hydrogen-bond acceptors (Lipinski definition) is 15. The average molecular weight is 941 g/mol. The molecular weight excluding hydrogens is 890 g/mol. The molecule has 6 rings (SSSR count). The lowest BCUT2D eigenvalue weighted by molar-refractivity contribution is -0.346. The highest BCUT2D eigenvalue weighted by atomic mass is 19.4. The zero-order valence-corrected chi connectivity index (χ0v) is 37.5. The fourth-order valence-electron chi connectivity index (χ4n) is 10.2. The molecule has 11 atom stereocenters. The molecule has 0 aromatic heterocycles. The minimum absolute atomic E-state index is 0.0312. The topological polar surface area (TPSA) is 270 Å². The minimum Gasteiger partial charge on any atom is -0.461 e. The van der Waals surface area contributed by atoms with Gasteiger partial charge in [-0.25, -0.2) is 9.59 Å². The first kappa shape index (κ1) is 50.3. The van der Waals surface area contributed by atoms with Gasteiger partial charge in [-0.3, -0.25) is 19.2 Å². The lowest BCUT2D eigenvalue weighted by atomic mass is 9.44. The number of carbonyl (C=O) groups is 6. The highest BCUT2D eigenvalue weighted by Crippen LogP contribution is 2.64. The van der Waals surface area contributed by atoms with Crippen LogP contribution in [0.5, 0.6) is 0 Å². The van der Waals surface area contributed by atoms with Crippen molar-refractivity contribution in [2.75, 3.05) is 6.61 Å². The number of aliphatic hydroxyl groups excluding tert-OH is 2. The molecule has 2 bridgehead atoms. The molecule has 1 aliphatic heterocycles. The Balaban J connectivity index is 1.56. The molecule has 0 radical (unpaired) electrons. The first-order chi connectivity index (χ1) is 31.3. The fourth-order valence-corrected chi connectivity index (χ4v) is 10.2. The lowest BCUT2D eigenvalue weighted by Crippen LogP contribution is -2.82. The van der Waals surface area contributed by atoms with Gasteiger partial charge in [0.1, 0.15) is 42.5 Å². The van der Waals surface area contributed by atoms with Crippen molar-refractivity contribution < 1.29 is 80.9 Å². The van der Waals surface area contributed by atoms with Gasteiger partial charge < -0.3 is 44.3 Å². The second kappa shape index (κ2) is 18.5. The molecule has 18 nitrogen and oxygen atoms in total. The number of benzene rings is 2. The van der Waals surface area contributed by atoms with E-state index in [-0.39, 0.29) is 28.0 Å². The van der Waals surface area contributed by atoms with Gasteiger partial charge in [-0.05, 0) is 62.1 Å². The van der Waals surface area contributed by atoms with Gasteiger partial charge in [-0.15, -0.1) is 0 Å². The van der Waals surface area contributed by atoms with Crippen LogP contribution in [-0.2, 0) is 47.7 Å². The molecule has 4 aliphatic rings. The summed E-state index contributed by atoms with van der Waals surface area (Å²) in [5, 5.41) is 43.9. The number of aliphatic hydroxyl groups is 3. The van der Waals surface area contributed by atoms with Crippen molar-refractivity contribution in [1.29, 1.82) is 0 Å². The maximum Gasteiger partial charge on any atom is 0.399 e. The van der Waals surface area contributed by atoms with Crippen LogP contribution in [0.2, 0.25) is 0 Å². The third-order valence-corrected chi connectivity index (χ3v) is 13.8. The molecule has 1 saturated heterocycles. The first-order valence-electron chi connectivity index (χ1n) is 21.2. The van der Waals surface area contributed by atoms with Crippen LogP contribution in [0.3, 0.4) is 0 Å². The van der Waals surface area contributed by atoms with E-state index in [0.717, 1.165) is 19.9 Å². The summed E-state index contributed by atoms with van der Waals surface area (Å²) in [7, 11) is 0. The van der Waals surface area contributed by atoms with Crippen LogP contribution in [0.4, 0.5) is 18.9 Å². The Morgan fingerprint density at radius 2 is 1.72 bits per heavy atom. The highest BCUT2D eigenvalue weighted by molar-refractivity contribution is 5.95. The summed E-state index contributed by atoms with van der Waals surface area (Å²) >= 11 is 0. The summed E-state index contributed by atoms with van der Waals surface area (Å²) in [4.78, 5) is 86.1. The van der Waals surface area contributed by atoms with Gasteiger partial charge in [-0.1, -0.05) is 67.5 Å². The minimum atomic E-state index is -5.07. The Morgan fingerprint density at radius 1 is 1.04 bits per heavy atom. The Bertz CT molecular complexity index is 2460. The van der Waals surface area contributed by atoms with Crippen LogP contribution in [0, 0.1) is 16.7 Å². The standard InChI is InChI=1S/C46H51F3N4O14/c1-8-22(2)39(59)51-33(25-13-10-9-11-14-25)35(57)41(61)64-28-19-45(62)38(66-40(60)26-15-12-16-27(17-26)52-53-50)36-43(7,37(58)34(56)32(23(28)3)42(45,5)6)29(65-31(55)20-46(47,48)49)18-30-44(36,21-63-30)67-24(4)54/h8-17,28-30,33-36,38,56-57,62H,18-21H2,1-7H3,(H,51,59)/b22-8+/t28-,29-,30+,33-,34+,35+,36-,38-,43+,44-,45+/m0/s1. The number of allylic oxidation sites excluding steroid dienone is 1. The number of amides is 1. The zero-order valence-electron chi connectivity index (χ0n) is 37.5. The van der Waals surface area contributed by atoms with Crippen molar-refractivity contribution in [3.63, 3.8) is 0 Å². The van der Waals surface area contributed by atoms with Crippen molar-refractivity contribution in [3.8, 4) is 0 Å². The predicted octanol–water partition coefficient (Wildman–Crippen LogP) is 5.26. The van der Waals surface area contributed by atoms with Crippen LogP contribution in [0.25, 0.3) is 10.4 Å². The van der Waals surface area contributed by atoms with E-state index in [0.29, 0.717) is 5.56 Å². The van der Waals surface area contributed by atoms with Crippen molar-refractivity contribution in [1.82, 2.24) is 5.32 Å². The number of rotatable bonds is 12. The van der Waals surface area contributed by atoms with Crippen molar-refractivity contribution in [2.45, 2.75) is 128 Å². The fraction of sp³-hybridized carbons (Fsp3) is 0.522. The SMILES string of the molecule is C/C=C(\C)C(=O)N[C@@H](c1ccccc1)[C@@H](O)C(=O)O[C@H]1C[C@@]2(O)[C@@H](OC(=O)c3cccc(N=[N+]=[N-])c3)[C@@H]3[C@]4(OC(C)=O)CO[C@@H]4C[C@H](OC(=O)CC(F)(F)F)[C@@]3(C)C(=O)[C@H](O)C(=C1C)C2(C)C. The van der Waals surface area contributed by atoms with Gasteiger partial charge in [0, 0.05) is 41.4 Å². The number of fused-ring (bicyclic) bond motifs is 5. The van der Waals surface area contributed by atoms with Gasteiger partial charge in [0.25, 0.3) is 0 Å². The normalized spacial score (nSPS) is 30.8. The molecule has 1 amide bonds. The number of esters is 4. The summed E-state index contributed by atoms with van der Waals surface area (Å²) < 4.78 is 70.3. The second-order valence-electron chi connectivity index (χ2n) is 18.0. The van der Waals surface area contributed by atoms with Crippen LogP contribution in [0.1, 0.15) is 89.7 Å². The zero-order chi connectivity index (χ0) is 49.6. The van der Waals surface area contributed by atoms with E-state index < -0.39 is 138 Å². The average Bonchev–Trinajstić information content (AvgIpc) is 3.25. The molecule has 0 unspecified atom stereocenters. The van der Waals surface area contributed by atoms with E-state index in [1.54, 1.807) is 25.1 Å². The van der Waals surface area contributed by atoms with E-state index in [1.807, 2.05) is 0 Å². The first-order valence-corrected chi connectivity index (χ1v) is 21.2. The number of hydrogen-bond donors (Lipinski definition) is 4. The Labute approximate surface area is 382 Å². The number of azide groups is 1. The summed E-state index contributed by atoms with van der Waals surface area (Å²) in [6.45, 7) is 8.86. The smallest absolute Gasteiger partial charge is 0.399 e. The van der Waals surface area contributed by atoms with Crippen molar-refractivity contribution in [3.05, 3.63) is 99.0 Å². The summed E-state index contributed by atoms with van der Waals surface area (Å²) in [6, 6.07) is 11.6. The third kappa shape index (κ3) is 9.05. The van der Waals surface area contributed by atoms with E-state index in [2.05, 4.69) is 15.3 Å². The van der Waals surface area contributed by atoms with Gasteiger partial charge in [0.15, 0.2) is 17.5 Å². The molecule has 1 heterocycles. The molecule has 4 N–H and O–H groups in total.